The Bertz CT molecular complexity index is 721. The topological polar surface area (TPSA) is 55.6 Å². The van der Waals surface area contributed by atoms with Crippen molar-refractivity contribution in [3.05, 3.63) is 47.2 Å². The van der Waals surface area contributed by atoms with Crippen molar-refractivity contribution in [2.45, 2.75) is 40.0 Å². The lowest BCUT2D eigenvalue weighted by atomic mass is 9.98. The minimum Gasteiger partial charge on any atom is -0.493 e. The molecule has 5 nitrogen and oxygen atoms in total. The number of ether oxygens (including phenoxy) is 1. The summed E-state index contributed by atoms with van der Waals surface area (Å²) in [6.07, 6.45) is 2.76. The molecule has 134 valence electrons. The fourth-order valence-corrected chi connectivity index (χ4v) is 3.18. The monoisotopic (exact) mass is 342 g/mol. The van der Waals surface area contributed by atoms with Gasteiger partial charge in [-0.15, -0.1) is 0 Å². The third-order valence-electron chi connectivity index (χ3n) is 4.65. The fraction of sp³-hybridized carbons (Fsp3) is 0.500. The van der Waals surface area contributed by atoms with Crippen molar-refractivity contribution in [3.8, 4) is 5.75 Å². The first-order valence-electron chi connectivity index (χ1n) is 9.02. The molecule has 0 bridgehead atoms. The Morgan fingerprint density at radius 2 is 2.08 bits per heavy atom. The molecule has 5 heteroatoms. The van der Waals surface area contributed by atoms with Gasteiger partial charge in [0.25, 0.3) is 5.91 Å². The maximum absolute atomic E-state index is 12.8. The van der Waals surface area contributed by atoms with Crippen LogP contribution in [0.2, 0.25) is 0 Å². The molecule has 1 aliphatic rings. The van der Waals surface area contributed by atoms with E-state index in [0.717, 1.165) is 25.1 Å². The summed E-state index contributed by atoms with van der Waals surface area (Å²) in [5, 5.41) is 0. The molecule has 1 aromatic heterocycles. The number of hydrogen-bond acceptors (Lipinski definition) is 4. The molecule has 1 saturated heterocycles. The average Bonchev–Trinajstić information content (AvgIpc) is 3.02. The van der Waals surface area contributed by atoms with Gasteiger partial charge in [-0.2, -0.15) is 0 Å². The average molecular weight is 342 g/mol. The molecule has 0 radical (unpaired) electrons. The van der Waals surface area contributed by atoms with Crippen LogP contribution in [0.4, 0.5) is 0 Å². The van der Waals surface area contributed by atoms with E-state index in [0.29, 0.717) is 42.8 Å². The second-order valence-corrected chi connectivity index (χ2v) is 6.76. The van der Waals surface area contributed by atoms with Crippen LogP contribution in [0.25, 0.3) is 0 Å². The lowest BCUT2D eigenvalue weighted by molar-refractivity contribution is 0.0599. The number of likely N-dealkylation sites (tertiary alicyclic amines) is 1. The van der Waals surface area contributed by atoms with Crippen molar-refractivity contribution in [1.29, 1.82) is 0 Å². The molecule has 0 unspecified atom stereocenters. The van der Waals surface area contributed by atoms with Crippen molar-refractivity contribution < 1.29 is 13.9 Å². The first-order valence-corrected chi connectivity index (χ1v) is 9.02. The Kier molecular flexibility index (Phi) is 5.41. The number of benzene rings is 1. The van der Waals surface area contributed by atoms with Gasteiger partial charge in [0, 0.05) is 25.4 Å². The summed E-state index contributed by atoms with van der Waals surface area (Å²) in [6, 6.07) is 8.07. The van der Waals surface area contributed by atoms with Gasteiger partial charge in [0.2, 0.25) is 5.76 Å². The van der Waals surface area contributed by atoms with E-state index in [1.54, 1.807) is 0 Å². The maximum atomic E-state index is 12.8. The van der Waals surface area contributed by atoms with Crippen LogP contribution in [0.15, 0.2) is 28.7 Å². The van der Waals surface area contributed by atoms with E-state index < -0.39 is 0 Å². The van der Waals surface area contributed by atoms with E-state index in [1.807, 2.05) is 43.0 Å². The van der Waals surface area contributed by atoms with Crippen LogP contribution < -0.4 is 4.74 Å². The number of amides is 1. The van der Waals surface area contributed by atoms with E-state index in [-0.39, 0.29) is 5.91 Å². The Hall–Kier alpha value is -2.30. The molecular formula is C20H26N2O3. The summed E-state index contributed by atoms with van der Waals surface area (Å²) in [5.74, 6) is 2.18. The number of rotatable bonds is 5. The second-order valence-electron chi connectivity index (χ2n) is 6.76. The van der Waals surface area contributed by atoms with E-state index in [4.69, 9.17) is 9.15 Å². The summed E-state index contributed by atoms with van der Waals surface area (Å²) in [7, 11) is 0. The van der Waals surface area contributed by atoms with E-state index in [1.165, 1.54) is 5.56 Å². The molecule has 1 aromatic carbocycles. The lowest BCUT2D eigenvalue weighted by Gasteiger charge is -2.32. The van der Waals surface area contributed by atoms with Gasteiger partial charge in [0.05, 0.1) is 12.3 Å². The highest BCUT2D eigenvalue weighted by molar-refractivity contribution is 5.92. The largest absolute Gasteiger partial charge is 0.493 e. The standard InChI is InChI=1S/C20H26N2O3/c1-4-18-21-15(3)19(25-18)20(23)22-11-5-6-16(12-22)13-24-17-9-7-14(2)8-10-17/h7-10,16H,4-6,11-13H2,1-3H3/t16-/m0/s1. The van der Waals surface area contributed by atoms with Crippen LogP contribution in [0.5, 0.6) is 5.75 Å². The van der Waals surface area contributed by atoms with Crippen LogP contribution in [0.1, 0.15) is 47.5 Å². The fourth-order valence-electron chi connectivity index (χ4n) is 3.18. The van der Waals surface area contributed by atoms with Crippen LogP contribution in [-0.2, 0) is 6.42 Å². The van der Waals surface area contributed by atoms with Gasteiger partial charge in [-0.05, 0) is 38.8 Å². The molecule has 0 N–H and O–H groups in total. The van der Waals surface area contributed by atoms with E-state index >= 15 is 0 Å². The smallest absolute Gasteiger partial charge is 0.291 e. The Morgan fingerprint density at radius 1 is 1.32 bits per heavy atom. The number of piperidine rings is 1. The van der Waals surface area contributed by atoms with Crippen LogP contribution in [0, 0.1) is 19.8 Å². The second kappa shape index (κ2) is 7.72. The number of oxazole rings is 1. The zero-order chi connectivity index (χ0) is 17.8. The molecule has 0 aliphatic carbocycles. The quantitative estimate of drug-likeness (QED) is 0.830. The van der Waals surface area contributed by atoms with Gasteiger partial charge < -0.3 is 14.1 Å². The van der Waals surface area contributed by atoms with Gasteiger partial charge in [-0.25, -0.2) is 4.98 Å². The predicted octanol–water partition coefficient (Wildman–Crippen LogP) is 3.79. The molecule has 0 saturated carbocycles. The Morgan fingerprint density at radius 3 is 2.76 bits per heavy atom. The molecule has 2 heterocycles. The number of aryl methyl sites for hydroxylation is 3. The SMILES string of the molecule is CCc1nc(C)c(C(=O)N2CCC[C@H](COc3ccc(C)cc3)C2)o1. The van der Waals surface area contributed by atoms with Gasteiger partial charge in [0.1, 0.15) is 5.75 Å². The van der Waals surface area contributed by atoms with Crippen LogP contribution >= 0.6 is 0 Å². The molecule has 1 fully saturated rings. The number of nitrogens with zero attached hydrogens (tertiary/aromatic N) is 2. The van der Waals surface area contributed by atoms with Crippen molar-refractivity contribution in [2.75, 3.05) is 19.7 Å². The zero-order valence-corrected chi connectivity index (χ0v) is 15.2. The molecule has 25 heavy (non-hydrogen) atoms. The summed E-state index contributed by atoms with van der Waals surface area (Å²) in [6.45, 7) is 7.96. The number of hydrogen-bond donors (Lipinski definition) is 0. The first-order chi connectivity index (χ1) is 12.1. The third-order valence-corrected chi connectivity index (χ3v) is 4.65. The molecular weight excluding hydrogens is 316 g/mol. The maximum Gasteiger partial charge on any atom is 0.291 e. The van der Waals surface area contributed by atoms with Gasteiger partial charge in [0.15, 0.2) is 5.89 Å². The lowest BCUT2D eigenvalue weighted by Crippen LogP contribution is -2.41. The minimum absolute atomic E-state index is 0.0512. The predicted molar refractivity (Wildman–Crippen MR) is 95.9 cm³/mol. The molecule has 3 rings (SSSR count). The first kappa shape index (κ1) is 17.5. The van der Waals surface area contributed by atoms with Crippen molar-refractivity contribution in [2.24, 2.45) is 5.92 Å². The van der Waals surface area contributed by atoms with Gasteiger partial charge in [-0.3, -0.25) is 4.79 Å². The van der Waals surface area contributed by atoms with Crippen molar-refractivity contribution in [3.63, 3.8) is 0 Å². The molecule has 2 aromatic rings. The summed E-state index contributed by atoms with van der Waals surface area (Å²) in [4.78, 5) is 18.9. The highest BCUT2D eigenvalue weighted by Crippen LogP contribution is 2.22. The summed E-state index contributed by atoms with van der Waals surface area (Å²) < 4.78 is 11.5. The van der Waals surface area contributed by atoms with E-state index in [9.17, 15) is 4.79 Å². The van der Waals surface area contributed by atoms with Crippen LogP contribution in [-0.4, -0.2) is 35.5 Å². The number of carbonyl (C=O) groups excluding carboxylic acids is 1. The number of carbonyl (C=O) groups is 1. The molecule has 1 atom stereocenters. The third kappa shape index (κ3) is 4.21. The molecule has 1 amide bonds. The molecule has 1 aliphatic heterocycles. The summed E-state index contributed by atoms with van der Waals surface area (Å²) in [5.41, 5.74) is 1.90. The van der Waals surface area contributed by atoms with Gasteiger partial charge >= 0.3 is 0 Å². The van der Waals surface area contributed by atoms with Crippen LogP contribution in [0.3, 0.4) is 0 Å². The van der Waals surface area contributed by atoms with E-state index in [2.05, 4.69) is 11.9 Å². The zero-order valence-electron chi connectivity index (χ0n) is 15.2. The van der Waals surface area contributed by atoms with Crippen molar-refractivity contribution >= 4 is 5.91 Å². The minimum atomic E-state index is -0.0512. The normalized spacial score (nSPS) is 17.6. The molecule has 0 spiro atoms. The highest BCUT2D eigenvalue weighted by atomic mass is 16.5. The van der Waals surface area contributed by atoms with Gasteiger partial charge in [-0.1, -0.05) is 24.6 Å². The number of aromatic nitrogens is 1. The summed E-state index contributed by atoms with van der Waals surface area (Å²) >= 11 is 0. The Balaban J connectivity index is 1.59. The van der Waals surface area contributed by atoms with Crippen molar-refractivity contribution in [1.82, 2.24) is 9.88 Å². The highest BCUT2D eigenvalue weighted by Gasteiger charge is 2.28. The Labute approximate surface area is 149 Å².